The SMILES string of the molecule is O=C(CCNC(=O)c1ccco1)NC1C=CC(C(=O)O)C1. The summed E-state index contributed by atoms with van der Waals surface area (Å²) in [6, 6.07) is 2.87. The van der Waals surface area contributed by atoms with E-state index in [1.165, 1.54) is 12.3 Å². The second kappa shape index (κ2) is 6.74. The molecule has 7 heteroatoms. The Morgan fingerprint density at radius 3 is 2.76 bits per heavy atom. The van der Waals surface area contributed by atoms with E-state index in [1.54, 1.807) is 18.2 Å². The van der Waals surface area contributed by atoms with Crippen LogP contribution in [0.2, 0.25) is 0 Å². The summed E-state index contributed by atoms with van der Waals surface area (Å²) in [5, 5.41) is 14.1. The normalized spacial score (nSPS) is 20.2. The highest BCUT2D eigenvalue weighted by Gasteiger charge is 2.25. The fraction of sp³-hybridized carbons (Fsp3) is 0.357. The predicted octanol–water partition coefficient (Wildman–Crippen LogP) is 0.545. The van der Waals surface area contributed by atoms with Crippen LogP contribution in [-0.2, 0) is 9.59 Å². The minimum absolute atomic E-state index is 0.120. The van der Waals surface area contributed by atoms with Crippen LogP contribution < -0.4 is 10.6 Å². The number of carboxylic acids is 1. The molecule has 1 aromatic rings. The Kier molecular flexibility index (Phi) is 4.76. The summed E-state index contributed by atoms with van der Waals surface area (Å²) in [4.78, 5) is 34.0. The Morgan fingerprint density at radius 2 is 2.14 bits per heavy atom. The Hall–Kier alpha value is -2.57. The Balaban J connectivity index is 1.66. The predicted molar refractivity (Wildman–Crippen MR) is 72.5 cm³/mol. The van der Waals surface area contributed by atoms with Gasteiger partial charge in [0.2, 0.25) is 5.91 Å². The largest absolute Gasteiger partial charge is 0.481 e. The second-order valence-corrected chi connectivity index (χ2v) is 4.72. The first-order valence-electron chi connectivity index (χ1n) is 6.58. The molecule has 1 aromatic heterocycles. The molecular formula is C14H16N2O5. The van der Waals surface area contributed by atoms with E-state index in [-0.39, 0.29) is 36.6 Å². The minimum Gasteiger partial charge on any atom is -0.481 e. The molecule has 112 valence electrons. The molecule has 21 heavy (non-hydrogen) atoms. The minimum atomic E-state index is -0.895. The number of aliphatic carboxylic acids is 1. The molecule has 0 spiro atoms. The molecule has 3 N–H and O–H groups in total. The van der Waals surface area contributed by atoms with Crippen LogP contribution in [0.15, 0.2) is 35.0 Å². The van der Waals surface area contributed by atoms with Crippen molar-refractivity contribution in [1.29, 1.82) is 0 Å². The van der Waals surface area contributed by atoms with Gasteiger partial charge in [0.15, 0.2) is 5.76 Å². The average molecular weight is 292 g/mol. The standard InChI is InChI=1S/C14H16N2O5/c17-12(16-10-4-3-9(8-10)14(19)20)5-6-15-13(18)11-2-1-7-21-11/h1-4,7,9-10H,5-6,8H2,(H,15,18)(H,16,17)(H,19,20). The van der Waals surface area contributed by atoms with Crippen molar-refractivity contribution in [2.24, 2.45) is 5.92 Å². The Bertz CT molecular complexity index is 550. The number of amides is 2. The summed E-state index contributed by atoms with van der Waals surface area (Å²) in [7, 11) is 0. The van der Waals surface area contributed by atoms with Gasteiger partial charge < -0.3 is 20.2 Å². The Morgan fingerprint density at radius 1 is 1.33 bits per heavy atom. The molecule has 0 saturated carbocycles. The second-order valence-electron chi connectivity index (χ2n) is 4.72. The van der Waals surface area contributed by atoms with Crippen molar-refractivity contribution in [3.05, 3.63) is 36.3 Å². The first-order valence-corrected chi connectivity index (χ1v) is 6.58. The van der Waals surface area contributed by atoms with E-state index in [2.05, 4.69) is 10.6 Å². The third kappa shape index (κ3) is 4.20. The zero-order valence-corrected chi connectivity index (χ0v) is 11.2. The van der Waals surface area contributed by atoms with Gasteiger partial charge in [-0.05, 0) is 18.6 Å². The fourth-order valence-corrected chi connectivity index (χ4v) is 2.05. The van der Waals surface area contributed by atoms with Crippen molar-refractivity contribution in [3.63, 3.8) is 0 Å². The van der Waals surface area contributed by atoms with Crippen molar-refractivity contribution in [2.75, 3.05) is 6.54 Å². The number of carboxylic acid groups (broad SMARTS) is 1. The molecule has 2 unspecified atom stereocenters. The summed E-state index contributed by atoms with van der Waals surface area (Å²) < 4.78 is 4.92. The quantitative estimate of drug-likeness (QED) is 0.663. The average Bonchev–Trinajstić information content (AvgIpc) is 3.09. The molecule has 2 amide bonds. The number of furan rings is 1. The molecule has 0 bridgehead atoms. The molecule has 7 nitrogen and oxygen atoms in total. The van der Waals surface area contributed by atoms with Crippen LogP contribution >= 0.6 is 0 Å². The summed E-state index contributed by atoms with van der Waals surface area (Å²) in [6.07, 6.45) is 5.13. The highest BCUT2D eigenvalue weighted by atomic mass is 16.4. The van der Waals surface area contributed by atoms with E-state index >= 15 is 0 Å². The van der Waals surface area contributed by atoms with E-state index in [9.17, 15) is 14.4 Å². The van der Waals surface area contributed by atoms with Crippen LogP contribution in [0.25, 0.3) is 0 Å². The van der Waals surface area contributed by atoms with Gasteiger partial charge in [0.1, 0.15) is 0 Å². The van der Waals surface area contributed by atoms with Crippen LogP contribution in [0.4, 0.5) is 0 Å². The van der Waals surface area contributed by atoms with E-state index < -0.39 is 11.9 Å². The number of nitrogens with one attached hydrogen (secondary N) is 2. The molecular weight excluding hydrogens is 276 g/mol. The maximum Gasteiger partial charge on any atom is 0.310 e. The van der Waals surface area contributed by atoms with Crippen LogP contribution in [0, 0.1) is 5.92 Å². The maximum absolute atomic E-state index is 11.7. The molecule has 0 fully saturated rings. The number of hydrogen-bond acceptors (Lipinski definition) is 4. The molecule has 1 aliphatic rings. The van der Waals surface area contributed by atoms with Crippen molar-refractivity contribution in [3.8, 4) is 0 Å². The van der Waals surface area contributed by atoms with Gasteiger partial charge in [-0.15, -0.1) is 0 Å². The molecule has 0 radical (unpaired) electrons. The van der Waals surface area contributed by atoms with Crippen LogP contribution in [-0.4, -0.2) is 35.5 Å². The van der Waals surface area contributed by atoms with Gasteiger partial charge in [-0.25, -0.2) is 0 Å². The zero-order chi connectivity index (χ0) is 15.2. The lowest BCUT2D eigenvalue weighted by atomic mass is 10.1. The molecule has 1 heterocycles. The molecule has 2 atom stereocenters. The number of carbonyl (C=O) groups excluding carboxylic acids is 2. The van der Waals surface area contributed by atoms with Gasteiger partial charge in [0.05, 0.1) is 12.2 Å². The third-order valence-electron chi connectivity index (χ3n) is 3.13. The zero-order valence-electron chi connectivity index (χ0n) is 11.2. The highest BCUT2D eigenvalue weighted by Crippen LogP contribution is 2.17. The Labute approximate surface area is 121 Å². The van der Waals surface area contributed by atoms with E-state index in [0.717, 1.165) is 0 Å². The fourth-order valence-electron chi connectivity index (χ4n) is 2.05. The molecule has 0 aliphatic heterocycles. The van der Waals surface area contributed by atoms with E-state index in [4.69, 9.17) is 9.52 Å². The van der Waals surface area contributed by atoms with Crippen LogP contribution in [0.3, 0.4) is 0 Å². The highest BCUT2D eigenvalue weighted by molar-refractivity contribution is 5.91. The lowest BCUT2D eigenvalue weighted by Gasteiger charge is -2.12. The van der Waals surface area contributed by atoms with Crippen molar-refractivity contribution < 1.29 is 23.9 Å². The van der Waals surface area contributed by atoms with Crippen molar-refractivity contribution in [2.45, 2.75) is 18.9 Å². The number of hydrogen-bond donors (Lipinski definition) is 3. The van der Waals surface area contributed by atoms with Gasteiger partial charge in [-0.2, -0.15) is 0 Å². The van der Waals surface area contributed by atoms with Gasteiger partial charge in [-0.3, -0.25) is 14.4 Å². The van der Waals surface area contributed by atoms with Crippen molar-refractivity contribution >= 4 is 17.8 Å². The monoisotopic (exact) mass is 292 g/mol. The number of rotatable bonds is 6. The van der Waals surface area contributed by atoms with Gasteiger partial charge in [0, 0.05) is 19.0 Å². The van der Waals surface area contributed by atoms with Gasteiger partial charge >= 0.3 is 5.97 Å². The molecule has 0 saturated heterocycles. The van der Waals surface area contributed by atoms with Gasteiger partial charge in [-0.1, -0.05) is 12.2 Å². The smallest absolute Gasteiger partial charge is 0.310 e. The first kappa shape index (κ1) is 14.8. The van der Waals surface area contributed by atoms with Gasteiger partial charge in [0.25, 0.3) is 5.91 Å². The first-order chi connectivity index (χ1) is 10.1. The number of carbonyl (C=O) groups is 3. The third-order valence-corrected chi connectivity index (χ3v) is 3.13. The summed E-state index contributed by atoms with van der Waals surface area (Å²) in [5.41, 5.74) is 0. The van der Waals surface area contributed by atoms with Crippen molar-refractivity contribution in [1.82, 2.24) is 10.6 Å². The van der Waals surface area contributed by atoms with E-state index in [0.29, 0.717) is 6.42 Å². The lowest BCUT2D eigenvalue weighted by molar-refractivity contribution is -0.140. The summed E-state index contributed by atoms with van der Waals surface area (Å²) in [6.45, 7) is 0.185. The summed E-state index contributed by atoms with van der Waals surface area (Å²) >= 11 is 0. The summed E-state index contributed by atoms with van der Waals surface area (Å²) in [5.74, 6) is -1.86. The van der Waals surface area contributed by atoms with Crippen LogP contribution in [0.5, 0.6) is 0 Å². The molecule has 0 aromatic carbocycles. The molecule has 2 rings (SSSR count). The van der Waals surface area contributed by atoms with Crippen LogP contribution in [0.1, 0.15) is 23.4 Å². The van der Waals surface area contributed by atoms with E-state index in [1.807, 2.05) is 0 Å². The topological polar surface area (TPSA) is 109 Å². The lowest BCUT2D eigenvalue weighted by Crippen LogP contribution is -2.36. The molecule has 1 aliphatic carbocycles. The maximum atomic E-state index is 11.7.